The molecule has 0 aliphatic carbocycles. The molecule has 0 fully saturated rings. The minimum atomic E-state index is -0.282. The summed E-state index contributed by atoms with van der Waals surface area (Å²) in [7, 11) is 0. The van der Waals surface area contributed by atoms with Crippen molar-refractivity contribution >= 4 is 6.01 Å². The van der Waals surface area contributed by atoms with Gasteiger partial charge in [-0.05, 0) is 11.6 Å². The highest BCUT2D eigenvalue weighted by Crippen LogP contribution is 2.11. The van der Waals surface area contributed by atoms with Crippen LogP contribution in [-0.4, -0.2) is 10.1 Å². The van der Waals surface area contributed by atoms with Crippen LogP contribution in [-0.2, 0) is 6.42 Å². The highest BCUT2D eigenvalue weighted by Gasteiger charge is 2.07. The Kier molecular flexibility index (Phi) is 2.14. The van der Waals surface area contributed by atoms with E-state index in [2.05, 4.69) is 14.7 Å². The SMILES string of the molecule is Nc1nc(Cc2ccccc2F)no1. The van der Waals surface area contributed by atoms with Crippen molar-refractivity contribution < 1.29 is 8.91 Å². The number of rotatable bonds is 2. The van der Waals surface area contributed by atoms with Gasteiger partial charge in [0.2, 0.25) is 0 Å². The van der Waals surface area contributed by atoms with Gasteiger partial charge in [-0.2, -0.15) is 4.98 Å². The molecule has 0 aliphatic rings. The Labute approximate surface area is 79.5 Å². The Morgan fingerprint density at radius 3 is 2.79 bits per heavy atom. The van der Waals surface area contributed by atoms with E-state index in [4.69, 9.17) is 5.73 Å². The quantitative estimate of drug-likeness (QED) is 0.782. The molecule has 0 amide bonds. The molecular weight excluding hydrogens is 185 g/mol. The molecule has 0 saturated carbocycles. The van der Waals surface area contributed by atoms with Crippen molar-refractivity contribution in [2.24, 2.45) is 0 Å². The number of nitrogens with two attached hydrogens (primary N) is 1. The summed E-state index contributed by atoms with van der Waals surface area (Å²) in [4.78, 5) is 3.78. The molecule has 1 heterocycles. The Morgan fingerprint density at radius 2 is 2.14 bits per heavy atom. The second-order valence-electron chi connectivity index (χ2n) is 2.82. The Bertz CT molecular complexity index is 441. The lowest BCUT2D eigenvalue weighted by Crippen LogP contribution is -1.94. The number of anilines is 1. The molecule has 14 heavy (non-hydrogen) atoms. The Morgan fingerprint density at radius 1 is 1.36 bits per heavy atom. The minimum Gasteiger partial charge on any atom is -0.351 e. The van der Waals surface area contributed by atoms with Gasteiger partial charge in [0.1, 0.15) is 5.82 Å². The molecule has 1 aromatic heterocycles. The van der Waals surface area contributed by atoms with Crippen LogP contribution in [0.4, 0.5) is 10.4 Å². The fourth-order valence-electron chi connectivity index (χ4n) is 1.15. The van der Waals surface area contributed by atoms with Gasteiger partial charge >= 0.3 is 6.01 Å². The zero-order valence-electron chi connectivity index (χ0n) is 7.27. The van der Waals surface area contributed by atoms with Crippen LogP contribution in [0.2, 0.25) is 0 Å². The van der Waals surface area contributed by atoms with E-state index in [1.165, 1.54) is 6.07 Å². The first-order valence-electron chi connectivity index (χ1n) is 4.07. The summed E-state index contributed by atoms with van der Waals surface area (Å²) in [5, 5.41) is 3.57. The second-order valence-corrected chi connectivity index (χ2v) is 2.82. The van der Waals surface area contributed by atoms with E-state index < -0.39 is 0 Å². The molecule has 0 saturated heterocycles. The fraction of sp³-hybridized carbons (Fsp3) is 0.111. The maximum Gasteiger partial charge on any atom is 0.318 e. The van der Waals surface area contributed by atoms with Gasteiger partial charge in [-0.25, -0.2) is 4.39 Å². The molecule has 0 aliphatic heterocycles. The topological polar surface area (TPSA) is 64.9 Å². The summed E-state index contributed by atoms with van der Waals surface area (Å²) < 4.78 is 17.7. The summed E-state index contributed by atoms with van der Waals surface area (Å²) >= 11 is 0. The van der Waals surface area contributed by atoms with E-state index in [9.17, 15) is 4.39 Å². The number of nitrogen functional groups attached to an aromatic ring is 1. The summed E-state index contributed by atoms with van der Waals surface area (Å²) in [6.45, 7) is 0. The van der Waals surface area contributed by atoms with E-state index in [0.29, 0.717) is 11.4 Å². The van der Waals surface area contributed by atoms with Crippen LogP contribution in [0.25, 0.3) is 0 Å². The molecule has 0 bridgehead atoms. The molecule has 0 radical (unpaired) electrons. The minimum absolute atomic E-state index is 0.00339. The second kappa shape index (κ2) is 3.45. The van der Waals surface area contributed by atoms with Gasteiger partial charge in [0.05, 0.1) is 0 Å². The predicted molar refractivity (Wildman–Crippen MR) is 47.9 cm³/mol. The first-order chi connectivity index (χ1) is 6.75. The lowest BCUT2D eigenvalue weighted by Gasteiger charge is -1.97. The van der Waals surface area contributed by atoms with Crippen molar-refractivity contribution in [3.63, 3.8) is 0 Å². The summed E-state index contributed by atoms with van der Waals surface area (Å²) in [6.07, 6.45) is 0.285. The van der Waals surface area contributed by atoms with E-state index in [1.807, 2.05) is 0 Å². The monoisotopic (exact) mass is 193 g/mol. The molecule has 1 aromatic carbocycles. The maximum absolute atomic E-state index is 13.2. The standard InChI is InChI=1S/C9H8FN3O/c10-7-4-2-1-3-6(7)5-8-12-9(11)14-13-8/h1-4H,5H2,(H2,11,12,13). The average molecular weight is 193 g/mol. The van der Waals surface area contributed by atoms with Gasteiger partial charge in [-0.1, -0.05) is 23.4 Å². The van der Waals surface area contributed by atoms with Crippen LogP contribution in [0, 0.1) is 5.82 Å². The van der Waals surface area contributed by atoms with Gasteiger partial charge in [-0.15, -0.1) is 0 Å². The smallest absolute Gasteiger partial charge is 0.318 e. The van der Waals surface area contributed by atoms with E-state index >= 15 is 0 Å². The van der Waals surface area contributed by atoms with Crippen molar-refractivity contribution in [3.8, 4) is 0 Å². The Hall–Kier alpha value is -1.91. The van der Waals surface area contributed by atoms with Crippen LogP contribution in [0.15, 0.2) is 28.8 Å². The number of halogens is 1. The third-order valence-electron chi connectivity index (χ3n) is 1.79. The van der Waals surface area contributed by atoms with Crippen LogP contribution >= 0.6 is 0 Å². The highest BCUT2D eigenvalue weighted by atomic mass is 19.1. The third-order valence-corrected chi connectivity index (χ3v) is 1.79. The molecule has 0 unspecified atom stereocenters. The van der Waals surface area contributed by atoms with Crippen molar-refractivity contribution in [3.05, 3.63) is 41.5 Å². The Balaban J connectivity index is 2.23. The van der Waals surface area contributed by atoms with Crippen molar-refractivity contribution in [1.29, 1.82) is 0 Å². The summed E-state index contributed by atoms with van der Waals surface area (Å²) in [5.41, 5.74) is 5.76. The zero-order chi connectivity index (χ0) is 9.97. The summed E-state index contributed by atoms with van der Waals surface area (Å²) in [6, 6.07) is 6.43. The molecule has 2 rings (SSSR count). The van der Waals surface area contributed by atoms with Crippen LogP contribution in [0.3, 0.4) is 0 Å². The van der Waals surface area contributed by atoms with E-state index in [-0.39, 0.29) is 18.3 Å². The fourth-order valence-corrected chi connectivity index (χ4v) is 1.15. The lowest BCUT2D eigenvalue weighted by atomic mass is 10.1. The van der Waals surface area contributed by atoms with Crippen molar-refractivity contribution in [1.82, 2.24) is 10.1 Å². The van der Waals surface area contributed by atoms with Gasteiger partial charge in [0.15, 0.2) is 5.82 Å². The molecule has 72 valence electrons. The van der Waals surface area contributed by atoms with Gasteiger partial charge in [0.25, 0.3) is 0 Å². The number of hydrogen-bond acceptors (Lipinski definition) is 4. The number of hydrogen-bond donors (Lipinski definition) is 1. The highest BCUT2D eigenvalue weighted by molar-refractivity contribution is 5.21. The van der Waals surface area contributed by atoms with Gasteiger partial charge < -0.3 is 10.3 Å². The van der Waals surface area contributed by atoms with Crippen molar-refractivity contribution in [2.45, 2.75) is 6.42 Å². The third kappa shape index (κ3) is 1.71. The number of aromatic nitrogens is 2. The normalized spacial score (nSPS) is 10.4. The molecule has 5 heteroatoms. The van der Waals surface area contributed by atoms with Gasteiger partial charge in [0, 0.05) is 6.42 Å². The van der Waals surface area contributed by atoms with E-state index in [0.717, 1.165) is 0 Å². The average Bonchev–Trinajstić information content (AvgIpc) is 2.56. The number of benzene rings is 1. The van der Waals surface area contributed by atoms with Crippen LogP contribution < -0.4 is 5.73 Å². The maximum atomic E-state index is 13.2. The molecule has 0 spiro atoms. The molecule has 2 aromatic rings. The molecule has 0 atom stereocenters. The molecular formula is C9H8FN3O. The summed E-state index contributed by atoms with van der Waals surface area (Å²) in [5.74, 6) is 0.100. The largest absolute Gasteiger partial charge is 0.351 e. The zero-order valence-corrected chi connectivity index (χ0v) is 7.27. The lowest BCUT2D eigenvalue weighted by molar-refractivity contribution is 0.428. The first-order valence-corrected chi connectivity index (χ1v) is 4.07. The van der Waals surface area contributed by atoms with Crippen LogP contribution in [0.5, 0.6) is 0 Å². The first kappa shape index (κ1) is 8.68. The van der Waals surface area contributed by atoms with Crippen molar-refractivity contribution in [2.75, 3.05) is 5.73 Å². The van der Waals surface area contributed by atoms with E-state index in [1.54, 1.807) is 18.2 Å². The molecule has 2 N–H and O–H groups in total. The van der Waals surface area contributed by atoms with Gasteiger partial charge in [-0.3, -0.25) is 0 Å². The number of nitrogens with zero attached hydrogens (tertiary/aromatic N) is 2. The molecule has 4 nitrogen and oxygen atoms in total. The predicted octanol–water partition coefficient (Wildman–Crippen LogP) is 1.38. The van der Waals surface area contributed by atoms with Crippen LogP contribution in [0.1, 0.15) is 11.4 Å².